The van der Waals surface area contributed by atoms with Crippen LogP contribution in [-0.2, 0) is 23.9 Å². The molecule has 2 amide bonds. The zero-order valence-corrected chi connectivity index (χ0v) is 30.9. The Kier molecular flexibility index (Phi) is 32.8. The summed E-state index contributed by atoms with van der Waals surface area (Å²) in [7, 11) is 0. The van der Waals surface area contributed by atoms with Gasteiger partial charge in [-0.2, -0.15) is 0 Å². The third kappa shape index (κ3) is 32.0. The van der Waals surface area contributed by atoms with Gasteiger partial charge in [0.05, 0.1) is 13.2 Å². The van der Waals surface area contributed by atoms with Crippen LogP contribution in [0.2, 0.25) is 0 Å². The summed E-state index contributed by atoms with van der Waals surface area (Å²) < 4.78 is 5.88. The first kappa shape index (κ1) is 46.1. The standard InChI is InChI=1S/C40H70N2O7/c1-3-5-7-9-11-13-14-15-16-17-18-20-22-28-32-39(46)49-35(29-25-21-19-12-10-8-6-4-2)30-26-23-24-27-31-37(44)41-33-38(45)42-36(34-43)40(47)48/h9,11,14-15,25,29,35-36,43H,3-8,10,12-13,16-24,26-28,30-34H2,1-2H3,(H,41,44)(H,42,45)(H,47,48)/b11-9-,15-14-,29-25-. The summed E-state index contributed by atoms with van der Waals surface area (Å²) in [6.45, 7) is 3.38. The Balaban J connectivity index is 4.33. The first-order valence-corrected chi connectivity index (χ1v) is 19.4. The largest absolute Gasteiger partial charge is 0.480 e. The predicted molar refractivity (Wildman–Crippen MR) is 199 cm³/mol. The number of amides is 2. The molecule has 282 valence electrons. The van der Waals surface area contributed by atoms with Crippen LogP contribution in [-0.4, -0.2) is 59.3 Å². The fraction of sp³-hybridized carbons (Fsp3) is 0.750. The van der Waals surface area contributed by atoms with E-state index in [9.17, 15) is 19.2 Å². The molecule has 0 heterocycles. The highest BCUT2D eigenvalue weighted by Crippen LogP contribution is 2.15. The van der Waals surface area contributed by atoms with Gasteiger partial charge in [-0.3, -0.25) is 14.4 Å². The van der Waals surface area contributed by atoms with Crippen molar-refractivity contribution in [2.24, 2.45) is 0 Å². The second-order valence-corrected chi connectivity index (χ2v) is 13.0. The van der Waals surface area contributed by atoms with E-state index in [2.05, 4.69) is 60.9 Å². The van der Waals surface area contributed by atoms with Crippen molar-refractivity contribution in [3.63, 3.8) is 0 Å². The van der Waals surface area contributed by atoms with Crippen molar-refractivity contribution in [3.05, 3.63) is 36.5 Å². The lowest BCUT2D eigenvalue weighted by Crippen LogP contribution is -2.47. The number of unbranched alkanes of at least 4 members (excludes halogenated alkanes) is 16. The molecule has 0 fully saturated rings. The van der Waals surface area contributed by atoms with E-state index in [1.807, 2.05) is 0 Å². The van der Waals surface area contributed by atoms with Gasteiger partial charge in [0, 0.05) is 12.8 Å². The van der Waals surface area contributed by atoms with Crippen molar-refractivity contribution in [2.45, 2.75) is 180 Å². The molecule has 0 radical (unpaired) electrons. The molecule has 0 aliphatic rings. The number of aliphatic hydroxyl groups excluding tert-OH is 1. The lowest BCUT2D eigenvalue weighted by molar-refractivity contribution is -0.147. The second-order valence-electron chi connectivity index (χ2n) is 13.0. The molecule has 2 atom stereocenters. The first-order chi connectivity index (χ1) is 23.8. The van der Waals surface area contributed by atoms with Crippen molar-refractivity contribution in [1.82, 2.24) is 10.6 Å². The van der Waals surface area contributed by atoms with E-state index in [-0.39, 0.29) is 30.9 Å². The van der Waals surface area contributed by atoms with Crippen molar-refractivity contribution in [3.8, 4) is 0 Å². The van der Waals surface area contributed by atoms with E-state index in [4.69, 9.17) is 14.9 Å². The maximum absolute atomic E-state index is 12.7. The smallest absolute Gasteiger partial charge is 0.328 e. The SMILES string of the molecule is CCCC/C=C\C/C=C\CCCCCCCC(=O)OC(/C=C\CCCCCCCC)CCCCCCC(=O)NCC(=O)NC(CO)C(=O)O. The molecular formula is C40H70N2O7. The quantitative estimate of drug-likeness (QED) is 0.0301. The molecule has 0 spiro atoms. The maximum Gasteiger partial charge on any atom is 0.328 e. The molecular weight excluding hydrogens is 620 g/mol. The summed E-state index contributed by atoms with van der Waals surface area (Å²) in [6.07, 6.45) is 37.5. The van der Waals surface area contributed by atoms with E-state index in [1.54, 1.807) is 0 Å². The average Bonchev–Trinajstić information content (AvgIpc) is 3.08. The molecule has 9 nitrogen and oxygen atoms in total. The van der Waals surface area contributed by atoms with Crippen LogP contribution in [0.25, 0.3) is 0 Å². The molecule has 0 rings (SSSR count). The number of aliphatic carboxylic acids is 1. The fourth-order valence-corrected chi connectivity index (χ4v) is 5.29. The van der Waals surface area contributed by atoms with Crippen LogP contribution in [0.15, 0.2) is 36.5 Å². The van der Waals surface area contributed by atoms with Gasteiger partial charge in [0.1, 0.15) is 12.1 Å². The van der Waals surface area contributed by atoms with Gasteiger partial charge >= 0.3 is 11.9 Å². The van der Waals surface area contributed by atoms with Crippen LogP contribution in [0.3, 0.4) is 0 Å². The van der Waals surface area contributed by atoms with E-state index in [0.29, 0.717) is 12.8 Å². The molecule has 0 saturated heterocycles. The lowest BCUT2D eigenvalue weighted by atomic mass is 10.1. The third-order valence-corrected chi connectivity index (χ3v) is 8.34. The van der Waals surface area contributed by atoms with Crippen LogP contribution in [0.1, 0.15) is 168 Å². The van der Waals surface area contributed by atoms with Gasteiger partial charge in [0.15, 0.2) is 0 Å². The number of carbonyl (C=O) groups excluding carboxylic acids is 3. The summed E-state index contributed by atoms with van der Waals surface area (Å²) in [5, 5.41) is 22.5. The van der Waals surface area contributed by atoms with E-state index in [1.165, 1.54) is 64.2 Å². The average molecular weight is 691 g/mol. The molecule has 9 heteroatoms. The van der Waals surface area contributed by atoms with E-state index in [0.717, 1.165) is 70.6 Å². The molecule has 0 aliphatic carbocycles. The Labute approximate surface area is 297 Å². The highest BCUT2D eigenvalue weighted by atomic mass is 16.5. The van der Waals surface area contributed by atoms with E-state index < -0.39 is 24.5 Å². The molecule has 49 heavy (non-hydrogen) atoms. The van der Waals surface area contributed by atoms with Gasteiger partial charge in [0.25, 0.3) is 0 Å². The molecule has 0 saturated carbocycles. The predicted octanol–water partition coefficient (Wildman–Crippen LogP) is 8.65. The minimum absolute atomic E-state index is 0.126. The second kappa shape index (κ2) is 34.9. The number of carbonyl (C=O) groups is 4. The van der Waals surface area contributed by atoms with Crippen LogP contribution in [0.4, 0.5) is 0 Å². The number of esters is 1. The molecule has 4 N–H and O–H groups in total. The molecule has 2 unspecified atom stereocenters. The summed E-state index contributed by atoms with van der Waals surface area (Å²) in [6, 6.07) is -1.39. The number of carboxylic acids is 1. The summed E-state index contributed by atoms with van der Waals surface area (Å²) >= 11 is 0. The molecule has 0 aromatic carbocycles. The van der Waals surface area contributed by atoms with Gasteiger partial charge in [-0.1, -0.05) is 121 Å². The number of nitrogens with one attached hydrogen (secondary N) is 2. The zero-order valence-electron chi connectivity index (χ0n) is 30.9. The molecule has 0 aromatic rings. The number of aliphatic hydroxyl groups is 1. The van der Waals surface area contributed by atoms with Crippen LogP contribution in [0, 0.1) is 0 Å². The lowest BCUT2D eigenvalue weighted by Gasteiger charge is -2.15. The summed E-state index contributed by atoms with van der Waals surface area (Å²) in [4.78, 5) is 47.4. The van der Waals surface area contributed by atoms with Gasteiger partial charge in [0.2, 0.25) is 11.8 Å². The zero-order chi connectivity index (χ0) is 36.2. The number of hydrogen-bond acceptors (Lipinski definition) is 6. The highest BCUT2D eigenvalue weighted by molar-refractivity contribution is 5.87. The topological polar surface area (TPSA) is 142 Å². The van der Waals surface area contributed by atoms with Crippen molar-refractivity contribution < 1.29 is 34.1 Å². The summed E-state index contributed by atoms with van der Waals surface area (Å²) in [5.74, 6) is -2.42. The molecule has 0 aliphatic heterocycles. The van der Waals surface area contributed by atoms with Gasteiger partial charge in [-0.05, 0) is 70.3 Å². The van der Waals surface area contributed by atoms with Crippen LogP contribution < -0.4 is 10.6 Å². The third-order valence-electron chi connectivity index (χ3n) is 8.34. The normalized spacial score (nSPS) is 12.9. The monoisotopic (exact) mass is 691 g/mol. The number of rotatable bonds is 34. The van der Waals surface area contributed by atoms with Gasteiger partial charge in [-0.25, -0.2) is 4.79 Å². The van der Waals surface area contributed by atoms with Gasteiger partial charge < -0.3 is 25.6 Å². The molecule has 0 aromatic heterocycles. The molecule has 0 bridgehead atoms. The number of ether oxygens (including phenoxy) is 1. The summed E-state index contributed by atoms with van der Waals surface area (Å²) in [5.41, 5.74) is 0. The minimum atomic E-state index is -1.39. The number of carboxylic acid groups (broad SMARTS) is 1. The highest BCUT2D eigenvalue weighted by Gasteiger charge is 2.18. The minimum Gasteiger partial charge on any atom is -0.480 e. The number of allylic oxidation sites excluding steroid dienone is 5. The van der Waals surface area contributed by atoms with Crippen molar-refractivity contribution >= 4 is 23.8 Å². The van der Waals surface area contributed by atoms with E-state index >= 15 is 0 Å². The van der Waals surface area contributed by atoms with Crippen molar-refractivity contribution in [2.75, 3.05) is 13.2 Å². The Hall–Kier alpha value is -2.94. The Morgan fingerprint density at radius 3 is 1.82 bits per heavy atom. The van der Waals surface area contributed by atoms with Crippen molar-refractivity contribution in [1.29, 1.82) is 0 Å². The van der Waals surface area contributed by atoms with Crippen LogP contribution in [0.5, 0.6) is 0 Å². The maximum atomic E-state index is 12.7. The van der Waals surface area contributed by atoms with Gasteiger partial charge in [-0.15, -0.1) is 0 Å². The fourth-order valence-electron chi connectivity index (χ4n) is 5.29. The first-order valence-electron chi connectivity index (χ1n) is 19.4. The Morgan fingerprint density at radius 1 is 0.633 bits per heavy atom. The Morgan fingerprint density at radius 2 is 1.18 bits per heavy atom. The number of hydrogen-bond donors (Lipinski definition) is 4. The Bertz CT molecular complexity index is 932. The van der Waals surface area contributed by atoms with Crippen LogP contribution >= 0.6 is 0 Å².